The van der Waals surface area contributed by atoms with E-state index in [1.54, 1.807) is 0 Å². The van der Waals surface area contributed by atoms with Crippen LogP contribution in [0.3, 0.4) is 0 Å². The highest BCUT2D eigenvalue weighted by atomic mass is 16.5. The lowest BCUT2D eigenvalue weighted by Crippen LogP contribution is -2.06. The van der Waals surface area contributed by atoms with Gasteiger partial charge in [0.2, 0.25) is 0 Å². The summed E-state index contributed by atoms with van der Waals surface area (Å²) in [4.78, 5) is 11.3. The molecule has 0 spiro atoms. The summed E-state index contributed by atoms with van der Waals surface area (Å²) in [5.41, 5.74) is 0. The lowest BCUT2D eigenvalue weighted by Gasteiger charge is -2.12. The molecule has 0 atom stereocenters. The van der Waals surface area contributed by atoms with Crippen LogP contribution in [0.1, 0.15) is 44.9 Å². The van der Waals surface area contributed by atoms with E-state index in [1.165, 1.54) is 6.42 Å². The average Bonchev–Trinajstić information content (AvgIpc) is 2.20. The molecule has 0 unspecified atom stereocenters. The minimum Gasteiger partial charge on any atom is -0.431 e. The van der Waals surface area contributed by atoms with Gasteiger partial charge in [-0.2, -0.15) is 0 Å². The van der Waals surface area contributed by atoms with Crippen LogP contribution in [-0.2, 0) is 9.53 Å². The van der Waals surface area contributed by atoms with Crippen LogP contribution in [0.15, 0.2) is 24.5 Å². The van der Waals surface area contributed by atoms with Crippen molar-refractivity contribution in [2.75, 3.05) is 0 Å². The second kappa shape index (κ2) is 6.41. The maximum Gasteiger partial charge on any atom is 0.310 e. The van der Waals surface area contributed by atoms with Gasteiger partial charge in [0.25, 0.3) is 0 Å². The van der Waals surface area contributed by atoms with Gasteiger partial charge in [-0.3, -0.25) is 4.79 Å². The van der Waals surface area contributed by atoms with Gasteiger partial charge in [0.15, 0.2) is 0 Å². The molecule has 1 aliphatic carbocycles. The second-order valence-corrected chi connectivity index (χ2v) is 3.57. The Hall–Kier alpha value is -1.05. The first-order chi connectivity index (χ1) is 6.83. The summed E-state index contributed by atoms with van der Waals surface area (Å²) in [6, 6.07) is 0. The number of rotatable bonds is 5. The van der Waals surface area contributed by atoms with Gasteiger partial charge in [-0.25, -0.2) is 0 Å². The van der Waals surface area contributed by atoms with Gasteiger partial charge in [0.1, 0.15) is 5.76 Å². The maximum atomic E-state index is 11.3. The Balaban J connectivity index is 2.18. The van der Waals surface area contributed by atoms with Gasteiger partial charge < -0.3 is 4.74 Å². The number of hydrogen-bond acceptors (Lipinski definition) is 2. The van der Waals surface area contributed by atoms with E-state index in [9.17, 15) is 4.79 Å². The van der Waals surface area contributed by atoms with E-state index in [1.807, 2.05) is 12.2 Å². The average molecular weight is 194 g/mol. The van der Waals surface area contributed by atoms with Gasteiger partial charge in [0, 0.05) is 12.8 Å². The fraction of sp³-hybridized carbons (Fsp3) is 0.583. The van der Waals surface area contributed by atoms with Crippen molar-refractivity contribution in [3.8, 4) is 0 Å². The Bertz CT molecular complexity index is 228. The molecule has 0 N–H and O–H groups in total. The standard InChI is InChI=1S/C12H18O2/c1-2-3-5-10-12(13)14-11-8-6-4-7-9-11/h2,8H,1,3-7,9-10H2. The molecule has 0 aromatic carbocycles. The number of carbonyl (C=O) groups is 1. The van der Waals surface area contributed by atoms with E-state index in [2.05, 4.69) is 6.58 Å². The zero-order valence-electron chi connectivity index (χ0n) is 8.63. The predicted molar refractivity (Wildman–Crippen MR) is 56.7 cm³/mol. The van der Waals surface area contributed by atoms with Crippen molar-refractivity contribution in [1.82, 2.24) is 0 Å². The van der Waals surface area contributed by atoms with E-state index in [0.717, 1.165) is 37.9 Å². The van der Waals surface area contributed by atoms with E-state index >= 15 is 0 Å². The van der Waals surface area contributed by atoms with Gasteiger partial charge in [-0.15, -0.1) is 6.58 Å². The molecular weight excluding hydrogens is 176 g/mol. The van der Waals surface area contributed by atoms with Crippen molar-refractivity contribution in [1.29, 1.82) is 0 Å². The van der Waals surface area contributed by atoms with E-state index in [-0.39, 0.29) is 5.97 Å². The first-order valence-corrected chi connectivity index (χ1v) is 5.33. The topological polar surface area (TPSA) is 26.3 Å². The number of unbranched alkanes of at least 4 members (excludes halogenated alkanes) is 1. The fourth-order valence-corrected chi connectivity index (χ4v) is 1.49. The molecule has 0 bridgehead atoms. The highest BCUT2D eigenvalue weighted by Crippen LogP contribution is 2.18. The van der Waals surface area contributed by atoms with Crippen molar-refractivity contribution in [2.45, 2.75) is 44.9 Å². The summed E-state index contributed by atoms with van der Waals surface area (Å²) in [5, 5.41) is 0. The number of ether oxygens (including phenoxy) is 1. The molecule has 2 heteroatoms. The third-order valence-corrected chi connectivity index (χ3v) is 2.28. The van der Waals surface area contributed by atoms with Crippen molar-refractivity contribution in [2.24, 2.45) is 0 Å². The van der Waals surface area contributed by atoms with Crippen LogP contribution in [0, 0.1) is 0 Å². The van der Waals surface area contributed by atoms with E-state index in [0.29, 0.717) is 6.42 Å². The summed E-state index contributed by atoms with van der Waals surface area (Å²) in [6.07, 6.45) is 10.4. The van der Waals surface area contributed by atoms with Crippen LogP contribution in [0.5, 0.6) is 0 Å². The fourth-order valence-electron chi connectivity index (χ4n) is 1.49. The van der Waals surface area contributed by atoms with Crippen molar-refractivity contribution < 1.29 is 9.53 Å². The maximum absolute atomic E-state index is 11.3. The molecule has 0 aromatic heterocycles. The summed E-state index contributed by atoms with van der Waals surface area (Å²) < 4.78 is 5.23. The van der Waals surface area contributed by atoms with Crippen molar-refractivity contribution in [3.63, 3.8) is 0 Å². The zero-order chi connectivity index (χ0) is 10.2. The third-order valence-electron chi connectivity index (χ3n) is 2.28. The predicted octanol–water partition coefficient (Wildman–Crippen LogP) is 3.34. The van der Waals surface area contributed by atoms with Crippen LogP contribution in [0.25, 0.3) is 0 Å². The van der Waals surface area contributed by atoms with Crippen LogP contribution < -0.4 is 0 Å². The largest absolute Gasteiger partial charge is 0.431 e. The SMILES string of the molecule is C=CCCCC(=O)OC1=CCCCC1. The highest BCUT2D eigenvalue weighted by Gasteiger charge is 2.09. The van der Waals surface area contributed by atoms with Crippen LogP contribution >= 0.6 is 0 Å². The molecule has 0 aliphatic heterocycles. The molecule has 0 saturated heterocycles. The molecule has 78 valence electrons. The summed E-state index contributed by atoms with van der Waals surface area (Å²) in [6.45, 7) is 3.61. The number of allylic oxidation sites excluding steroid dienone is 3. The Morgan fingerprint density at radius 1 is 1.57 bits per heavy atom. The Labute approximate surface area is 85.6 Å². The quantitative estimate of drug-likeness (QED) is 0.381. The third kappa shape index (κ3) is 4.26. The molecule has 1 aliphatic rings. The monoisotopic (exact) mass is 194 g/mol. The molecular formula is C12H18O2. The van der Waals surface area contributed by atoms with Gasteiger partial charge in [-0.1, -0.05) is 6.08 Å². The zero-order valence-corrected chi connectivity index (χ0v) is 8.63. The number of esters is 1. The minimum atomic E-state index is -0.0972. The molecule has 0 amide bonds. The Morgan fingerprint density at radius 2 is 2.43 bits per heavy atom. The molecule has 2 nitrogen and oxygen atoms in total. The van der Waals surface area contributed by atoms with E-state index < -0.39 is 0 Å². The first kappa shape index (κ1) is 11.0. The second-order valence-electron chi connectivity index (χ2n) is 3.57. The summed E-state index contributed by atoms with van der Waals surface area (Å²) in [7, 11) is 0. The van der Waals surface area contributed by atoms with Crippen molar-refractivity contribution in [3.05, 3.63) is 24.5 Å². The van der Waals surface area contributed by atoms with Gasteiger partial charge >= 0.3 is 5.97 Å². The van der Waals surface area contributed by atoms with E-state index in [4.69, 9.17) is 4.74 Å². The smallest absolute Gasteiger partial charge is 0.310 e. The summed E-state index contributed by atoms with van der Waals surface area (Å²) in [5.74, 6) is 0.778. The Kier molecular flexibility index (Phi) is 5.05. The van der Waals surface area contributed by atoms with Crippen LogP contribution in [0.4, 0.5) is 0 Å². The molecule has 1 rings (SSSR count). The highest BCUT2D eigenvalue weighted by molar-refractivity contribution is 5.70. The lowest BCUT2D eigenvalue weighted by atomic mass is 10.1. The lowest BCUT2D eigenvalue weighted by molar-refractivity contribution is -0.139. The molecule has 14 heavy (non-hydrogen) atoms. The Morgan fingerprint density at radius 3 is 3.07 bits per heavy atom. The molecule has 0 radical (unpaired) electrons. The van der Waals surface area contributed by atoms with Crippen LogP contribution in [0.2, 0.25) is 0 Å². The summed E-state index contributed by atoms with van der Waals surface area (Å²) >= 11 is 0. The van der Waals surface area contributed by atoms with Crippen molar-refractivity contribution >= 4 is 5.97 Å². The molecule has 0 fully saturated rings. The normalized spacial score (nSPS) is 15.9. The minimum absolute atomic E-state index is 0.0972. The van der Waals surface area contributed by atoms with Gasteiger partial charge in [0.05, 0.1) is 0 Å². The number of carbonyl (C=O) groups excluding carboxylic acids is 1. The first-order valence-electron chi connectivity index (χ1n) is 5.33. The molecule has 0 aromatic rings. The molecule has 0 saturated carbocycles. The van der Waals surface area contributed by atoms with Crippen LogP contribution in [-0.4, -0.2) is 5.97 Å². The molecule has 0 heterocycles. The van der Waals surface area contributed by atoms with Gasteiger partial charge in [-0.05, 0) is 38.2 Å². The number of hydrogen-bond donors (Lipinski definition) is 0.